The van der Waals surface area contributed by atoms with Gasteiger partial charge in [-0.05, 0) is 59.7 Å². The maximum atomic E-state index is 5.75. The van der Waals surface area contributed by atoms with Crippen molar-refractivity contribution >= 4 is 0 Å². The van der Waals surface area contributed by atoms with Gasteiger partial charge in [0.2, 0.25) is 0 Å². The average molecular weight is 443 g/mol. The zero-order valence-corrected chi connectivity index (χ0v) is 18.6. The van der Waals surface area contributed by atoms with Gasteiger partial charge in [0, 0.05) is 55.9 Å². The molecular formula is C26H26N4O3. The van der Waals surface area contributed by atoms with Crippen molar-refractivity contribution in [1.82, 2.24) is 20.0 Å². The molecule has 1 fully saturated rings. The minimum atomic E-state index is -0.166. The number of hydrogen-bond acceptors (Lipinski definition) is 7. The van der Waals surface area contributed by atoms with E-state index in [2.05, 4.69) is 44.3 Å². The highest BCUT2D eigenvalue weighted by Crippen LogP contribution is 2.33. The van der Waals surface area contributed by atoms with E-state index in [0.29, 0.717) is 13.2 Å². The van der Waals surface area contributed by atoms with Crippen molar-refractivity contribution in [3.05, 3.63) is 96.2 Å². The molecule has 0 bridgehead atoms. The van der Waals surface area contributed by atoms with Crippen LogP contribution in [0.15, 0.2) is 83.9 Å². The summed E-state index contributed by atoms with van der Waals surface area (Å²) in [6.07, 6.45) is 8.08. The Morgan fingerprint density at radius 2 is 1.48 bits per heavy atom. The maximum absolute atomic E-state index is 5.75. The molecule has 4 heterocycles. The van der Waals surface area contributed by atoms with E-state index in [4.69, 9.17) is 14.0 Å². The molecule has 5 rings (SSSR count). The molecule has 1 aliphatic heterocycles. The summed E-state index contributed by atoms with van der Waals surface area (Å²) in [4.78, 5) is 10.8. The molecule has 0 unspecified atom stereocenters. The van der Waals surface area contributed by atoms with Crippen LogP contribution in [0.2, 0.25) is 0 Å². The van der Waals surface area contributed by atoms with Crippen LogP contribution in [0.25, 0.3) is 11.3 Å². The zero-order chi connectivity index (χ0) is 22.5. The lowest BCUT2D eigenvalue weighted by Gasteiger charge is -2.49. The van der Waals surface area contributed by atoms with Crippen molar-refractivity contribution in [3.63, 3.8) is 0 Å². The number of rotatable bonds is 9. The van der Waals surface area contributed by atoms with Gasteiger partial charge >= 0.3 is 0 Å². The highest BCUT2D eigenvalue weighted by Gasteiger charge is 2.45. The Balaban J connectivity index is 1.39. The second kappa shape index (κ2) is 9.52. The van der Waals surface area contributed by atoms with E-state index in [-0.39, 0.29) is 5.54 Å². The molecule has 0 radical (unpaired) electrons. The second-order valence-corrected chi connectivity index (χ2v) is 8.37. The van der Waals surface area contributed by atoms with Gasteiger partial charge in [0.15, 0.2) is 5.76 Å². The first kappa shape index (κ1) is 21.3. The molecule has 0 amide bonds. The molecule has 168 valence electrons. The second-order valence-electron chi connectivity index (χ2n) is 8.37. The number of pyridine rings is 2. The molecule has 7 heteroatoms. The molecule has 0 saturated carbocycles. The summed E-state index contributed by atoms with van der Waals surface area (Å²) in [7, 11) is 1.66. The highest BCUT2D eigenvalue weighted by atomic mass is 16.5. The van der Waals surface area contributed by atoms with Crippen molar-refractivity contribution in [3.8, 4) is 17.1 Å². The van der Waals surface area contributed by atoms with E-state index < -0.39 is 0 Å². The first-order chi connectivity index (χ1) is 16.2. The molecule has 7 nitrogen and oxygen atoms in total. The molecule has 1 aromatic carbocycles. The first-order valence-corrected chi connectivity index (χ1v) is 10.9. The summed E-state index contributed by atoms with van der Waals surface area (Å²) in [5.41, 5.74) is 4.15. The molecule has 0 aliphatic carbocycles. The van der Waals surface area contributed by atoms with Crippen molar-refractivity contribution in [2.75, 3.05) is 20.3 Å². The quantitative estimate of drug-likeness (QED) is 0.385. The molecule has 3 aromatic heterocycles. The Morgan fingerprint density at radius 1 is 0.879 bits per heavy atom. The Hall–Kier alpha value is -3.55. The van der Waals surface area contributed by atoms with Gasteiger partial charge < -0.3 is 14.0 Å². The van der Waals surface area contributed by atoms with Gasteiger partial charge in [-0.25, -0.2) is 0 Å². The number of benzene rings is 1. The minimum absolute atomic E-state index is 0.166. The van der Waals surface area contributed by atoms with Gasteiger partial charge in [-0.15, -0.1) is 0 Å². The van der Waals surface area contributed by atoms with E-state index in [1.54, 1.807) is 7.11 Å². The summed E-state index contributed by atoms with van der Waals surface area (Å²) in [6, 6.07) is 18.1. The Morgan fingerprint density at radius 3 is 2.00 bits per heavy atom. The predicted octanol–water partition coefficient (Wildman–Crippen LogP) is 4.15. The maximum Gasteiger partial charge on any atom is 0.167 e. The summed E-state index contributed by atoms with van der Waals surface area (Å²) < 4.78 is 16.7. The Kier molecular flexibility index (Phi) is 6.15. The van der Waals surface area contributed by atoms with Gasteiger partial charge in [0.1, 0.15) is 5.75 Å². The van der Waals surface area contributed by atoms with Gasteiger partial charge in [0.05, 0.1) is 31.6 Å². The largest absolute Gasteiger partial charge is 0.497 e. The molecular weight excluding hydrogens is 416 g/mol. The Bertz CT molecular complexity index is 1120. The van der Waals surface area contributed by atoms with E-state index in [1.807, 2.05) is 55.1 Å². The fourth-order valence-electron chi connectivity index (χ4n) is 4.17. The molecule has 0 spiro atoms. The number of methoxy groups -OCH3 is 1. The summed E-state index contributed by atoms with van der Waals surface area (Å²) in [6.45, 7) is 2.87. The Labute approximate surface area is 193 Å². The molecule has 1 saturated heterocycles. The van der Waals surface area contributed by atoms with Crippen molar-refractivity contribution < 1.29 is 14.0 Å². The number of nitrogens with zero attached hydrogens (tertiary/aromatic N) is 4. The monoisotopic (exact) mass is 442 g/mol. The van der Waals surface area contributed by atoms with Gasteiger partial charge in [-0.1, -0.05) is 5.16 Å². The van der Waals surface area contributed by atoms with Gasteiger partial charge in [0.25, 0.3) is 0 Å². The molecule has 4 aromatic rings. The van der Waals surface area contributed by atoms with E-state index in [1.165, 1.54) is 11.1 Å². The third kappa shape index (κ3) is 4.79. The zero-order valence-electron chi connectivity index (χ0n) is 18.6. The molecule has 0 atom stereocenters. The van der Waals surface area contributed by atoms with Gasteiger partial charge in [-0.3, -0.25) is 14.9 Å². The molecule has 1 aliphatic rings. The average Bonchev–Trinajstić information content (AvgIpc) is 3.31. The topological polar surface area (TPSA) is 73.5 Å². The SMILES string of the molecule is COc1ccc(-c2cc(CC3(N(Cc4ccncc4)Cc4ccncc4)COC3)no2)cc1. The van der Waals surface area contributed by atoms with Crippen molar-refractivity contribution in [1.29, 1.82) is 0 Å². The highest BCUT2D eigenvalue weighted by molar-refractivity contribution is 5.58. The molecule has 33 heavy (non-hydrogen) atoms. The first-order valence-electron chi connectivity index (χ1n) is 10.9. The number of ether oxygens (including phenoxy) is 2. The minimum Gasteiger partial charge on any atom is -0.497 e. The summed E-state index contributed by atoms with van der Waals surface area (Å²) in [5, 5.41) is 4.39. The van der Waals surface area contributed by atoms with Crippen LogP contribution in [0, 0.1) is 0 Å². The fraction of sp³-hybridized carbons (Fsp3) is 0.269. The number of aromatic nitrogens is 3. The third-order valence-corrected chi connectivity index (χ3v) is 6.10. The van der Waals surface area contributed by atoms with Crippen LogP contribution in [0.3, 0.4) is 0 Å². The van der Waals surface area contributed by atoms with E-state index in [0.717, 1.165) is 42.3 Å². The van der Waals surface area contributed by atoms with Crippen LogP contribution < -0.4 is 4.74 Å². The smallest absolute Gasteiger partial charge is 0.167 e. The lowest BCUT2D eigenvalue weighted by molar-refractivity contribution is -0.147. The van der Waals surface area contributed by atoms with Crippen LogP contribution in [-0.4, -0.2) is 45.9 Å². The van der Waals surface area contributed by atoms with Crippen LogP contribution in [0.4, 0.5) is 0 Å². The van der Waals surface area contributed by atoms with E-state index in [9.17, 15) is 0 Å². The lowest BCUT2D eigenvalue weighted by atomic mass is 9.87. The van der Waals surface area contributed by atoms with Crippen molar-refractivity contribution in [2.24, 2.45) is 0 Å². The standard InChI is InChI=1S/C26H26N4O3/c1-31-24-4-2-22(3-5-24)25-14-23(29-33-25)15-26(18-32-19-26)30(16-20-6-10-27-11-7-20)17-21-8-12-28-13-9-21/h2-14H,15-19H2,1H3. The van der Waals surface area contributed by atoms with E-state index >= 15 is 0 Å². The predicted molar refractivity (Wildman–Crippen MR) is 123 cm³/mol. The van der Waals surface area contributed by atoms with Crippen LogP contribution >= 0.6 is 0 Å². The fourth-order valence-corrected chi connectivity index (χ4v) is 4.17. The van der Waals surface area contributed by atoms with Crippen molar-refractivity contribution in [2.45, 2.75) is 25.0 Å². The summed E-state index contributed by atoms with van der Waals surface area (Å²) >= 11 is 0. The normalized spacial score (nSPS) is 14.7. The van der Waals surface area contributed by atoms with Crippen LogP contribution in [0.1, 0.15) is 16.8 Å². The van der Waals surface area contributed by atoms with Crippen LogP contribution in [0.5, 0.6) is 5.75 Å². The lowest BCUT2D eigenvalue weighted by Crippen LogP contribution is -2.63. The molecule has 0 N–H and O–H groups in total. The number of hydrogen-bond donors (Lipinski definition) is 0. The van der Waals surface area contributed by atoms with Gasteiger partial charge in [-0.2, -0.15) is 0 Å². The third-order valence-electron chi connectivity index (χ3n) is 6.10. The van der Waals surface area contributed by atoms with Crippen LogP contribution in [-0.2, 0) is 24.2 Å². The summed E-state index contributed by atoms with van der Waals surface area (Å²) in [5.74, 6) is 1.56.